The van der Waals surface area contributed by atoms with E-state index in [2.05, 4.69) is 20.2 Å². The van der Waals surface area contributed by atoms with Crippen LogP contribution in [0, 0.1) is 6.92 Å². The van der Waals surface area contributed by atoms with Crippen molar-refractivity contribution >= 4 is 50.1 Å². The number of sulfonamides is 1. The van der Waals surface area contributed by atoms with Crippen LogP contribution in [0.2, 0.25) is 5.15 Å². The first-order valence-electron chi connectivity index (χ1n) is 13.7. The number of piperidine rings is 1. The highest BCUT2D eigenvalue weighted by atomic mass is 35.5. The Balaban J connectivity index is 1.49. The van der Waals surface area contributed by atoms with E-state index >= 15 is 0 Å². The molecule has 0 saturated carbocycles. The number of fused-ring (bicyclic) bond motifs is 1. The predicted octanol–water partition coefficient (Wildman–Crippen LogP) is 3.23. The monoisotopic (exact) mass is 625 g/mol. The van der Waals surface area contributed by atoms with E-state index in [4.69, 9.17) is 16.6 Å². The number of aromatic nitrogens is 4. The topological polar surface area (TPSA) is 159 Å². The molecule has 1 aliphatic rings. The van der Waals surface area contributed by atoms with Crippen LogP contribution in [-0.4, -0.2) is 53.2 Å². The summed E-state index contributed by atoms with van der Waals surface area (Å²) in [4.78, 5) is 52.5. The number of carbonyl (C=O) groups excluding carboxylic acids is 1. The van der Waals surface area contributed by atoms with Gasteiger partial charge in [0.15, 0.2) is 5.69 Å². The van der Waals surface area contributed by atoms with E-state index in [1.54, 1.807) is 29.9 Å². The Morgan fingerprint density at radius 2 is 1.86 bits per heavy atom. The molecule has 3 aromatic heterocycles. The minimum absolute atomic E-state index is 0.0216. The van der Waals surface area contributed by atoms with Crippen molar-refractivity contribution in [2.24, 2.45) is 7.05 Å². The molecule has 5 rings (SSSR count). The summed E-state index contributed by atoms with van der Waals surface area (Å²) < 4.78 is 26.9. The summed E-state index contributed by atoms with van der Waals surface area (Å²) in [5.41, 5.74) is 2.63. The summed E-state index contributed by atoms with van der Waals surface area (Å²) in [6.45, 7) is 4.97. The average Bonchev–Trinajstić information content (AvgIpc) is 2.95. The molecule has 0 aliphatic carbocycles. The van der Waals surface area contributed by atoms with Crippen LogP contribution in [0.1, 0.15) is 58.9 Å². The van der Waals surface area contributed by atoms with Gasteiger partial charge in [-0.3, -0.25) is 19.0 Å². The highest BCUT2D eigenvalue weighted by molar-refractivity contribution is 7.89. The molecular weight excluding hydrogens is 594 g/mol. The number of aryl methyl sites for hydroxylation is 1. The van der Waals surface area contributed by atoms with Gasteiger partial charge in [0.05, 0.1) is 28.9 Å². The molecule has 14 heteroatoms. The number of amides is 1. The second-order valence-electron chi connectivity index (χ2n) is 10.8. The number of carbonyl (C=O) groups is 1. The van der Waals surface area contributed by atoms with Crippen molar-refractivity contribution in [3.8, 4) is 0 Å². The van der Waals surface area contributed by atoms with Crippen molar-refractivity contribution in [3.63, 3.8) is 0 Å². The summed E-state index contributed by atoms with van der Waals surface area (Å²) in [5, 5.41) is 3.70. The van der Waals surface area contributed by atoms with E-state index in [1.807, 2.05) is 36.8 Å². The van der Waals surface area contributed by atoms with Crippen molar-refractivity contribution in [2.45, 2.75) is 38.6 Å². The fraction of sp³-hybridized carbons (Fsp3) is 0.345. The summed E-state index contributed by atoms with van der Waals surface area (Å²) in [7, 11) is -2.14. The maximum atomic E-state index is 13.6. The van der Waals surface area contributed by atoms with Crippen LogP contribution in [0.3, 0.4) is 0 Å². The fourth-order valence-electron chi connectivity index (χ4n) is 5.55. The van der Waals surface area contributed by atoms with Gasteiger partial charge in [0.1, 0.15) is 5.15 Å². The molecule has 4 aromatic rings. The first kappa shape index (κ1) is 30.2. The SMILES string of the molecule is Cc1cc([C@@H](C)Nc2ccc(Cl)nc2C(=O)NS(C)(=O)=O)c2nc(N3CCC(c4ccc[nH]c4=O)CC3)n(C)c(=O)c2c1. The molecule has 1 fully saturated rings. The molecule has 0 radical (unpaired) electrons. The smallest absolute Gasteiger partial charge is 0.285 e. The molecule has 1 aromatic carbocycles. The lowest BCUT2D eigenvalue weighted by Gasteiger charge is -2.33. The second-order valence-corrected chi connectivity index (χ2v) is 13.0. The quantitative estimate of drug-likeness (QED) is 0.262. The highest BCUT2D eigenvalue weighted by Crippen LogP contribution is 2.31. The minimum atomic E-state index is -3.84. The number of hydrogen-bond acceptors (Lipinski definition) is 9. The first-order valence-corrected chi connectivity index (χ1v) is 16.0. The molecule has 3 N–H and O–H groups in total. The van der Waals surface area contributed by atoms with Gasteiger partial charge in [-0.1, -0.05) is 23.7 Å². The van der Waals surface area contributed by atoms with Crippen LogP contribution in [0.15, 0.2) is 52.2 Å². The van der Waals surface area contributed by atoms with Gasteiger partial charge in [0.25, 0.3) is 17.0 Å². The van der Waals surface area contributed by atoms with Gasteiger partial charge in [-0.15, -0.1) is 0 Å². The van der Waals surface area contributed by atoms with E-state index in [0.717, 1.165) is 30.2 Å². The van der Waals surface area contributed by atoms with Crippen molar-refractivity contribution in [1.82, 2.24) is 24.2 Å². The number of anilines is 2. The van der Waals surface area contributed by atoms with Gasteiger partial charge in [-0.25, -0.2) is 23.1 Å². The molecule has 1 saturated heterocycles. The number of pyridine rings is 2. The zero-order chi connectivity index (χ0) is 31.1. The molecule has 4 heterocycles. The Morgan fingerprint density at radius 3 is 2.53 bits per heavy atom. The number of nitrogens with one attached hydrogen (secondary N) is 3. The molecule has 12 nitrogen and oxygen atoms in total. The third-order valence-electron chi connectivity index (χ3n) is 7.59. The van der Waals surface area contributed by atoms with Gasteiger partial charge >= 0.3 is 0 Å². The van der Waals surface area contributed by atoms with Gasteiger partial charge in [-0.2, -0.15) is 0 Å². The molecule has 226 valence electrons. The van der Waals surface area contributed by atoms with E-state index in [0.29, 0.717) is 35.5 Å². The number of nitrogens with zero attached hydrogens (tertiary/aromatic N) is 4. The molecule has 0 unspecified atom stereocenters. The number of hydrogen-bond donors (Lipinski definition) is 3. The van der Waals surface area contributed by atoms with Gasteiger partial charge in [-0.05, 0) is 62.4 Å². The molecule has 1 atom stereocenters. The average molecular weight is 626 g/mol. The lowest BCUT2D eigenvalue weighted by Crippen LogP contribution is -2.38. The lowest BCUT2D eigenvalue weighted by molar-refractivity contribution is 0.0977. The summed E-state index contributed by atoms with van der Waals surface area (Å²) >= 11 is 6.02. The first-order chi connectivity index (χ1) is 20.3. The van der Waals surface area contributed by atoms with Crippen LogP contribution in [0.5, 0.6) is 0 Å². The maximum absolute atomic E-state index is 13.6. The fourth-order valence-corrected chi connectivity index (χ4v) is 6.13. The number of H-pyrrole nitrogens is 1. The molecular formula is C29H32ClN7O5S. The lowest BCUT2D eigenvalue weighted by atomic mass is 9.90. The zero-order valence-electron chi connectivity index (χ0n) is 24.1. The normalized spacial score (nSPS) is 15.0. The largest absolute Gasteiger partial charge is 0.377 e. The van der Waals surface area contributed by atoms with Crippen molar-refractivity contribution < 1.29 is 13.2 Å². The third kappa shape index (κ3) is 6.42. The van der Waals surface area contributed by atoms with Gasteiger partial charge in [0, 0.05) is 37.5 Å². The number of halogens is 1. The van der Waals surface area contributed by atoms with E-state index in [-0.39, 0.29) is 33.6 Å². The van der Waals surface area contributed by atoms with E-state index in [9.17, 15) is 22.8 Å². The van der Waals surface area contributed by atoms with Crippen LogP contribution >= 0.6 is 11.6 Å². The summed E-state index contributed by atoms with van der Waals surface area (Å²) in [6, 6.07) is 9.97. The van der Waals surface area contributed by atoms with Crippen molar-refractivity contribution in [1.29, 1.82) is 0 Å². The summed E-state index contributed by atoms with van der Waals surface area (Å²) in [6.07, 6.45) is 3.97. The summed E-state index contributed by atoms with van der Waals surface area (Å²) in [5.74, 6) is -0.288. The Morgan fingerprint density at radius 1 is 1.14 bits per heavy atom. The molecule has 43 heavy (non-hydrogen) atoms. The van der Waals surface area contributed by atoms with E-state index in [1.165, 1.54) is 6.07 Å². The second kappa shape index (κ2) is 11.8. The van der Waals surface area contributed by atoms with Crippen molar-refractivity contribution in [2.75, 3.05) is 29.6 Å². The standard InChI is InChI=1S/C29H32ClN7O5S/c1-16-14-20(17(2)32-22-7-8-23(30)33-25(22)27(39)35-43(4,41)42)24-21(15-16)28(40)36(3)29(34-24)37-12-9-18(10-13-37)19-6-5-11-31-26(19)38/h5-8,11,14-15,17-18,32H,9-10,12-13H2,1-4H3,(H,31,38)(H,35,39)/t17-/m1/s1. The minimum Gasteiger partial charge on any atom is -0.377 e. The third-order valence-corrected chi connectivity index (χ3v) is 8.36. The maximum Gasteiger partial charge on any atom is 0.285 e. The van der Waals surface area contributed by atoms with Crippen LogP contribution in [0.4, 0.5) is 11.6 Å². The Labute approximate surface area is 253 Å². The van der Waals surface area contributed by atoms with E-state index < -0.39 is 22.0 Å². The Hall–Kier alpha value is -4.23. The number of rotatable bonds is 7. The Kier molecular flexibility index (Phi) is 8.30. The highest BCUT2D eigenvalue weighted by Gasteiger charge is 2.26. The van der Waals surface area contributed by atoms with Crippen LogP contribution < -0.4 is 26.1 Å². The number of benzene rings is 1. The zero-order valence-corrected chi connectivity index (χ0v) is 25.7. The Bertz CT molecular complexity index is 1950. The van der Waals surface area contributed by atoms with Crippen molar-refractivity contribution in [3.05, 3.63) is 90.8 Å². The van der Waals surface area contributed by atoms with Gasteiger partial charge < -0.3 is 15.2 Å². The van der Waals surface area contributed by atoms with Gasteiger partial charge in [0.2, 0.25) is 16.0 Å². The van der Waals surface area contributed by atoms with Crippen LogP contribution in [-0.2, 0) is 17.1 Å². The van der Waals surface area contributed by atoms with Crippen LogP contribution in [0.25, 0.3) is 10.9 Å². The molecule has 1 amide bonds. The number of aromatic amines is 1. The molecule has 0 spiro atoms. The predicted molar refractivity (Wildman–Crippen MR) is 167 cm³/mol. The molecule has 0 bridgehead atoms. The molecule has 1 aliphatic heterocycles.